The number of hydrogen-bond acceptors (Lipinski definition) is 2. The van der Waals surface area contributed by atoms with Crippen LogP contribution in [0.15, 0.2) is 23.1 Å². The molecule has 0 saturated carbocycles. The predicted octanol–water partition coefficient (Wildman–Crippen LogP) is 2.32. The summed E-state index contributed by atoms with van der Waals surface area (Å²) in [6, 6.07) is 3.03. The molecule has 19 heavy (non-hydrogen) atoms. The summed E-state index contributed by atoms with van der Waals surface area (Å²) in [5, 5.41) is 3.85. The molecule has 0 bridgehead atoms. The van der Waals surface area contributed by atoms with Crippen LogP contribution < -0.4 is 10.9 Å². The van der Waals surface area contributed by atoms with E-state index in [-0.39, 0.29) is 11.5 Å². The highest BCUT2D eigenvalue weighted by atomic mass is 79.9. The lowest BCUT2D eigenvalue weighted by Gasteiger charge is -2.15. The Hall–Kier alpha value is -1.10. The van der Waals surface area contributed by atoms with Gasteiger partial charge in [0.05, 0.1) is 0 Å². The topological polar surface area (TPSA) is 51.1 Å². The third kappa shape index (κ3) is 5.19. The normalized spacial score (nSPS) is 12.2. The maximum atomic E-state index is 12.0. The van der Waals surface area contributed by atoms with E-state index in [2.05, 4.69) is 28.2 Å². The minimum Gasteiger partial charge on any atom is -0.352 e. The van der Waals surface area contributed by atoms with Gasteiger partial charge in [0, 0.05) is 36.7 Å². The summed E-state index contributed by atoms with van der Waals surface area (Å²) in [4.78, 5) is 23.4. The van der Waals surface area contributed by atoms with E-state index >= 15 is 0 Å². The number of carbonyl (C=O) groups is 1. The number of nitrogens with zero attached hydrogens (tertiary/aromatic N) is 1. The molecular weight excluding hydrogens is 308 g/mol. The first-order valence-electron chi connectivity index (χ1n) is 6.59. The van der Waals surface area contributed by atoms with Crippen LogP contribution in [0.25, 0.3) is 0 Å². The Morgan fingerprint density at radius 1 is 1.47 bits per heavy atom. The van der Waals surface area contributed by atoms with E-state index in [1.807, 2.05) is 0 Å². The maximum Gasteiger partial charge on any atom is 0.251 e. The van der Waals surface area contributed by atoms with Crippen LogP contribution in [0.2, 0.25) is 0 Å². The van der Waals surface area contributed by atoms with Gasteiger partial charge in [0.1, 0.15) is 0 Å². The number of aromatic nitrogens is 1. The smallest absolute Gasteiger partial charge is 0.251 e. The van der Waals surface area contributed by atoms with E-state index in [0.29, 0.717) is 18.0 Å². The maximum absolute atomic E-state index is 12.0. The first-order valence-corrected chi connectivity index (χ1v) is 7.71. The molecule has 1 amide bonds. The minimum atomic E-state index is -0.173. The number of halogens is 1. The fraction of sp³-hybridized carbons (Fsp3) is 0.571. The molecular formula is C14H21BrN2O2. The first kappa shape index (κ1) is 16.0. The largest absolute Gasteiger partial charge is 0.352 e. The Kier molecular flexibility index (Phi) is 6.84. The summed E-state index contributed by atoms with van der Waals surface area (Å²) in [5.41, 5.74) is 0.260. The number of aryl methyl sites for hydroxylation is 1. The summed E-state index contributed by atoms with van der Waals surface area (Å²) >= 11 is 3.43. The number of nitrogens with one attached hydrogen (secondary N) is 1. The van der Waals surface area contributed by atoms with Gasteiger partial charge in [0.15, 0.2) is 0 Å². The third-order valence-corrected chi connectivity index (χ3v) is 3.59. The molecule has 1 unspecified atom stereocenters. The van der Waals surface area contributed by atoms with Gasteiger partial charge >= 0.3 is 0 Å². The van der Waals surface area contributed by atoms with E-state index in [1.165, 1.54) is 10.6 Å². The van der Waals surface area contributed by atoms with E-state index in [4.69, 9.17) is 0 Å². The Labute approximate surface area is 122 Å². The van der Waals surface area contributed by atoms with Gasteiger partial charge in [0.25, 0.3) is 11.5 Å². The van der Waals surface area contributed by atoms with Crippen LogP contribution in [0.3, 0.4) is 0 Å². The molecule has 0 aliphatic heterocycles. The van der Waals surface area contributed by atoms with Crippen molar-refractivity contribution >= 4 is 21.8 Å². The van der Waals surface area contributed by atoms with Crippen LogP contribution in [-0.2, 0) is 7.05 Å². The molecule has 1 heterocycles. The zero-order valence-corrected chi connectivity index (χ0v) is 13.1. The second-order valence-electron chi connectivity index (χ2n) is 4.71. The van der Waals surface area contributed by atoms with Crippen molar-refractivity contribution in [3.8, 4) is 0 Å². The summed E-state index contributed by atoms with van der Waals surface area (Å²) in [6.45, 7) is 2.80. The quantitative estimate of drug-likeness (QED) is 0.781. The minimum absolute atomic E-state index is 0.168. The average Bonchev–Trinajstić information content (AvgIpc) is 2.39. The molecule has 0 aromatic carbocycles. The van der Waals surface area contributed by atoms with Gasteiger partial charge in [-0.05, 0) is 24.8 Å². The Morgan fingerprint density at radius 3 is 2.79 bits per heavy atom. The fourth-order valence-electron chi connectivity index (χ4n) is 1.94. The highest BCUT2D eigenvalue weighted by Crippen LogP contribution is 2.11. The van der Waals surface area contributed by atoms with Gasteiger partial charge in [-0.15, -0.1) is 0 Å². The van der Waals surface area contributed by atoms with E-state index in [9.17, 15) is 9.59 Å². The molecule has 106 valence electrons. The molecule has 0 spiro atoms. The lowest BCUT2D eigenvalue weighted by Crippen LogP contribution is -2.30. The molecule has 1 aromatic heterocycles. The summed E-state index contributed by atoms with van der Waals surface area (Å²) < 4.78 is 1.45. The van der Waals surface area contributed by atoms with Crippen LogP contribution in [0.1, 0.15) is 36.5 Å². The van der Waals surface area contributed by atoms with Crippen molar-refractivity contribution in [1.82, 2.24) is 9.88 Å². The lowest BCUT2D eigenvalue weighted by atomic mass is 10.0. The molecule has 0 aliphatic carbocycles. The van der Waals surface area contributed by atoms with Crippen LogP contribution in [0.5, 0.6) is 0 Å². The standard InChI is InChI=1S/C14H21BrN2O2/c1-3-4-11(5-7-15)10-16-14(19)12-6-8-17(2)13(18)9-12/h6,8-9,11H,3-5,7,10H2,1-2H3,(H,16,19). The van der Waals surface area contributed by atoms with Gasteiger partial charge < -0.3 is 9.88 Å². The highest BCUT2D eigenvalue weighted by molar-refractivity contribution is 9.09. The zero-order valence-electron chi connectivity index (χ0n) is 11.5. The zero-order chi connectivity index (χ0) is 14.3. The van der Waals surface area contributed by atoms with Crippen molar-refractivity contribution < 1.29 is 4.79 Å². The number of alkyl halides is 1. The van der Waals surface area contributed by atoms with E-state index in [0.717, 1.165) is 24.6 Å². The Balaban J connectivity index is 2.58. The molecule has 1 rings (SSSR count). The van der Waals surface area contributed by atoms with Crippen LogP contribution in [0.4, 0.5) is 0 Å². The number of amides is 1. The van der Waals surface area contributed by atoms with Crippen molar-refractivity contribution in [3.63, 3.8) is 0 Å². The molecule has 0 fully saturated rings. The van der Waals surface area contributed by atoms with E-state index in [1.54, 1.807) is 19.3 Å². The fourth-order valence-corrected chi connectivity index (χ4v) is 2.59. The monoisotopic (exact) mass is 328 g/mol. The van der Waals surface area contributed by atoms with Crippen LogP contribution in [-0.4, -0.2) is 22.3 Å². The van der Waals surface area contributed by atoms with Crippen LogP contribution in [0, 0.1) is 5.92 Å². The average molecular weight is 329 g/mol. The van der Waals surface area contributed by atoms with Crippen LogP contribution >= 0.6 is 15.9 Å². The van der Waals surface area contributed by atoms with Gasteiger partial charge in [-0.2, -0.15) is 0 Å². The molecule has 0 aliphatic rings. The highest BCUT2D eigenvalue weighted by Gasteiger charge is 2.11. The van der Waals surface area contributed by atoms with Crippen molar-refractivity contribution in [2.24, 2.45) is 13.0 Å². The van der Waals surface area contributed by atoms with Gasteiger partial charge in [-0.25, -0.2) is 0 Å². The van der Waals surface area contributed by atoms with E-state index < -0.39 is 0 Å². The number of carbonyl (C=O) groups excluding carboxylic acids is 1. The predicted molar refractivity (Wildman–Crippen MR) is 80.8 cm³/mol. The first-order chi connectivity index (χ1) is 9.08. The van der Waals surface area contributed by atoms with Crippen molar-refractivity contribution in [2.75, 3.05) is 11.9 Å². The molecule has 4 nitrogen and oxygen atoms in total. The molecule has 0 radical (unpaired) electrons. The van der Waals surface area contributed by atoms with Crippen molar-refractivity contribution in [3.05, 3.63) is 34.2 Å². The van der Waals surface area contributed by atoms with Gasteiger partial charge in [-0.3, -0.25) is 9.59 Å². The van der Waals surface area contributed by atoms with Crippen molar-refractivity contribution in [1.29, 1.82) is 0 Å². The van der Waals surface area contributed by atoms with Crippen molar-refractivity contribution in [2.45, 2.75) is 26.2 Å². The number of rotatable bonds is 7. The lowest BCUT2D eigenvalue weighted by molar-refractivity contribution is 0.0945. The number of pyridine rings is 1. The van der Waals surface area contributed by atoms with Gasteiger partial charge in [-0.1, -0.05) is 29.3 Å². The molecule has 5 heteroatoms. The Morgan fingerprint density at radius 2 is 2.21 bits per heavy atom. The summed E-state index contributed by atoms with van der Waals surface area (Å²) in [6.07, 6.45) is 4.87. The molecule has 1 atom stereocenters. The second kappa shape index (κ2) is 8.15. The summed E-state index contributed by atoms with van der Waals surface area (Å²) in [5.74, 6) is 0.313. The molecule has 0 saturated heterocycles. The van der Waals surface area contributed by atoms with Gasteiger partial charge in [0.2, 0.25) is 0 Å². The number of hydrogen-bond donors (Lipinski definition) is 1. The molecule has 1 N–H and O–H groups in total. The summed E-state index contributed by atoms with van der Waals surface area (Å²) in [7, 11) is 1.66. The third-order valence-electron chi connectivity index (χ3n) is 3.13. The SMILES string of the molecule is CCCC(CCBr)CNC(=O)c1ccn(C)c(=O)c1. The second-order valence-corrected chi connectivity index (χ2v) is 5.50. The molecule has 1 aromatic rings. The Bertz CT molecular complexity index is 465.